The molecule has 6 nitrogen and oxygen atoms in total. The van der Waals surface area contributed by atoms with Crippen molar-refractivity contribution in [1.82, 2.24) is 9.66 Å². The number of nitriles is 1. The molecule has 0 saturated heterocycles. The third kappa shape index (κ3) is 4.82. The number of hydrogen-bond donors (Lipinski definition) is 0. The largest absolute Gasteiger partial charge is 0.476 e. The Labute approximate surface area is 199 Å². The maximum atomic E-state index is 13.2. The van der Waals surface area contributed by atoms with Crippen LogP contribution in [0.15, 0.2) is 53.6 Å². The molecule has 0 fully saturated rings. The van der Waals surface area contributed by atoms with E-state index in [4.69, 9.17) is 15.0 Å². The minimum absolute atomic E-state index is 0.0585. The highest BCUT2D eigenvalue weighted by Gasteiger charge is 2.16. The van der Waals surface area contributed by atoms with Crippen molar-refractivity contribution in [1.29, 1.82) is 5.26 Å². The minimum atomic E-state index is -0.222. The molecule has 0 aliphatic heterocycles. The Morgan fingerprint density at radius 2 is 1.97 bits per heavy atom. The van der Waals surface area contributed by atoms with Crippen LogP contribution in [-0.2, 0) is 0 Å². The third-order valence-electron chi connectivity index (χ3n) is 4.51. The Balaban J connectivity index is 2.10. The van der Waals surface area contributed by atoms with Gasteiger partial charge in [-0.3, -0.25) is 4.79 Å². The molecule has 0 spiro atoms. The van der Waals surface area contributed by atoms with Crippen LogP contribution in [0, 0.1) is 11.3 Å². The molecule has 1 atom stereocenters. The Kier molecular flexibility index (Phi) is 7.45. The Hall–Kier alpha value is -2.02. The van der Waals surface area contributed by atoms with Crippen LogP contribution in [0.2, 0.25) is 0 Å². The van der Waals surface area contributed by atoms with Crippen molar-refractivity contribution in [3.05, 3.63) is 65.5 Å². The Morgan fingerprint density at radius 1 is 1.27 bits per heavy atom. The van der Waals surface area contributed by atoms with Crippen molar-refractivity contribution in [3.63, 3.8) is 0 Å². The lowest BCUT2D eigenvalue weighted by molar-refractivity contribution is 0.363. The summed E-state index contributed by atoms with van der Waals surface area (Å²) in [4.78, 5) is 17.9. The van der Waals surface area contributed by atoms with E-state index in [9.17, 15) is 4.79 Å². The molecule has 0 aliphatic rings. The first-order chi connectivity index (χ1) is 14.3. The van der Waals surface area contributed by atoms with E-state index in [1.165, 1.54) is 4.68 Å². The Bertz CT molecular complexity index is 1210. The first-order valence-corrected chi connectivity index (χ1v) is 11.5. The highest BCUT2D eigenvalue weighted by Crippen LogP contribution is 2.34. The summed E-state index contributed by atoms with van der Waals surface area (Å²) in [5, 5.41) is 13.7. The predicted octanol–water partition coefficient (Wildman–Crippen LogP) is 5.98. The van der Waals surface area contributed by atoms with Crippen molar-refractivity contribution in [2.75, 3.05) is 6.61 Å². The fourth-order valence-electron chi connectivity index (χ4n) is 2.80. The van der Waals surface area contributed by atoms with Crippen LogP contribution < -0.4 is 10.3 Å². The fourth-order valence-corrected chi connectivity index (χ4v) is 4.61. The predicted molar refractivity (Wildman–Crippen MR) is 128 cm³/mol. The molecule has 30 heavy (non-hydrogen) atoms. The average Bonchev–Trinajstić information content (AvgIpc) is 2.72. The number of benzene rings is 2. The summed E-state index contributed by atoms with van der Waals surface area (Å²) < 4.78 is 8.92. The number of fused-ring (bicyclic) bond motifs is 1. The maximum Gasteiger partial charge on any atom is 0.282 e. The third-order valence-corrected chi connectivity index (χ3v) is 6.18. The number of rotatable bonds is 6. The number of nitrogens with zero attached hydrogens (tertiary/aromatic N) is 4. The molecule has 0 saturated carbocycles. The van der Waals surface area contributed by atoms with Crippen molar-refractivity contribution < 1.29 is 4.74 Å². The monoisotopic (exact) mass is 594 g/mol. The summed E-state index contributed by atoms with van der Waals surface area (Å²) >= 11 is 10.3. The van der Waals surface area contributed by atoms with Gasteiger partial charge < -0.3 is 4.74 Å². The Morgan fingerprint density at radius 3 is 2.60 bits per heavy atom. The summed E-state index contributed by atoms with van der Waals surface area (Å²) in [5.74, 6) is 1.20. The smallest absolute Gasteiger partial charge is 0.282 e. The molecule has 154 valence electrons. The van der Waals surface area contributed by atoms with Gasteiger partial charge in [0.05, 0.1) is 26.1 Å². The number of aromatic nitrogens is 2. The van der Waals surface area contributed by atoms with E-state index < -0.39 is 0 Å². The number of hydrogen-bond acceptors (Lipinski definition) is 5. The normalized spacial score (nSPS) is 12.3. The quantitative estimate of drug-likeness (QED) is 0.328. The van der Waals surface area contributed by atoms with Crippen LogP contribution >= 0.6 is 47.8 Å². The zero-order chi connectivity index (χ0) is 21.8. The molecule has 0 unspecified atom stereocenters. The van der Waals surface area contributed by atoms with Crippen LogP contribution in [0.3, 0.4) is 0 Å². The van der Waals surface area contributed by atoms with Gasteiger partial charge in [0.15, 0.2) is 6.61 Å². The van der Waals surface area contributed by atoms with Gasteiger partial charge in [0.25, 0.3) is 5.56 Å². The number of ether oxygens (including phenoxy) is 1. The molecule has 1 heterocycles. The number of halogens is 3. The summed E-state index contributed by atoms with van der Waals surface area (Å²) in [7, 11) is 0. The second kappa shape index (κ2) is 9.86. The van der Waals surface area contributed by atoms with E-state index in [0.29, 0.717) is 31.4 Å². The SMILES string of the molecule is CC[C@H](C)c1nc2ccc(Br)cc2c(=O)n1N=Cc1cc(Br)c(OCC#N)c(Br)c1. The highest BCUT2D eigenvalue weighted by molar-refractivity contribution is 9.11. The second-order valence-corrected chi connectivity index (χ2v) is 9.19. The van der Waals surface area contributed by atoms with Gasteiger partial charge in [-0.2, -0.15) is 15.0 Å². The summed E-state index contributed by atoms with van der Waals surface area (Å²) in [6, 6.07) is 11.0. The lowest BCUT2D eigenvalue weighted by atomic mass is 10.1. The molecule has 0 aliphatic carbocycles. The molecule has 2 aromatic carbocycles. The van der Waals surface area contributed by atoms with Crippen LogP contribution in [0.1, 0.15) is 37.6 Å². The standard InChI is InChI=1S/C21H17Br3N4O2/c1-3-12(2)20-27-18-5-4-14(22)10-15(18)21(29)28(20)26-11-13-8-16(23)19(17(24)9-13)30-7-6-25/h4-5,8-12H,3,7H2,1-2H3/t12-/m0/s1. The van der Waals surface area contributed by atoms with Gasteiger partial charge >= 0.3 is 0 Å². The molecule has 0 radical (unpaired) electrons. The van der Waals surface area contributed by atoms with Crippen molar-refractivity contribution in [2.45, 2.75) is 26.2 Å². The van der Waals surface area contributed by atoms with Gasteiger partial charge in [0.2, 0.25) is 0 Å². The van der Waals surface area contributed by atoms with Gasteiger partial charge in [0, 0.05) is 10.4 Å². The summed E-state index contributed by atoms with van der Waals surface area (Å²) in [5.41, 5.74) is 1.17. The van der Waals surface area contributed by atoms with E-state index in [-0.39, 0.29) is 18.1 Å². The van der Waals surface area contributed by atoms with Crippen molar-refractivity contribution in [2.24, 2.45) is 5.10 Å². The van der Waals surface area contributed by atoms with E-state index in [2.05, 4.69) is 52.9 Å². The average molecular weight is 597 g/mol. The van der Waals surface area contributed by atoms with E-state index in [1.807, 2.05) is 32.0 Å². The van der Waals surface area contributed by atoms with Crippen LogP contribution in [0.4, 0.5) is 0 Å². The zero-order valence-corrected chi connectivity index (χ0v) is 21.0. The van der Waals surface area contributed by atoms with E-state index in [1.54, 1.807) is 24.4 Å². The topological polar surface area (TPSA) is 80.3 Å². The molecule has 9 heteroatoms. The zero-order valence-electron chi connectivity index (χ0n) is 16.2. The van der Waals surface area contributed by atoms with Crippen molar-refractivity contribution >= 4 is 64.9 Å². The van der Waals surface area contributed by atoms with E-state index in [0.717, 1.165) is 16.5 Å². The molecule has 0 bridgehead atoms. The van der Waals surface area contributed by atoms with Gasteiger partial charge in [-0.05, 0) is 74.2 Å². The first-order valence-electron chi connectivity index (χ1n) is 9.11. The second-order valence-electron chi connectivity index (χ2n) is 6.56. The maximum absolute atomic E-state index is 13.2. The van der Waals surface area contributed by atoms with E-state index >= 15 is 0 Å². The first kappa shape index (κ1) is 22.7. The summed E-state index contributed by atoms with van der Waals surface area (Å²) in [6.07, 6.45) is 2.42. The molecular formula is C21H17Br3N4O2. The van der Waals surface area contributed by atoms with Crippen LogP contribution in [0.5, 0.6) is 5.75 Å². The van der Waals surface area contributed by atoms with Crippen LogP contribution in [-0.4, -0.2) is 22.5 Å². The molecule has 1 aromatic heterocycles. The lowest BCUT2D eigenvalue weighted by Crippen LogP contribution is -2.23. The van der Waals surface area contributed by atoms with Gasteiger partial charge in [-0.15, -0.1) is 0 Å². The highest BCUT2D eigenvalue weighted by atomic mass is 79.9. The lowest BCUT2D eigenvalue weighted by Gasteiger charge is -2.14. The van der Waals surface area contributed by atoms with Gasteiger partial charge in [-0.1, -0.05) is 29.8 Å². The molecule has 3 rings (SSSR count). The minimum Gasteiger partial charge on any atom is -0.476 e. The van der Waals surface area contributed by atoms with Crippen LogP contribution in [0.25, 0.3) is 10.9 Å². The van der Waals surface area contributed by atoms with Crippen molar-refractivity contribution in [3.8, 4) is 11.8 Å². The summed E-state index contributed by atoms with van der Waals surface area (Å²) in [6.45, 7) is 4.01. The van der Waals surface area contributed by atoms with Gasteiger partial charge in [0.1, 0.15) is 17.6 Å². The fraction of sp³-hybridized carbons (Fsp3) is 0.238. The molecule has 3 aromatic rings. The molecule has 0 amide bonds. The molecule has 0 N–H and O–H groups in total. The van der Waals surface area contributed by atoms with Gasteiger partial charge in [-0.25, -0.2) is 4.98 Å². The molecular weight excluding hydrogens is 580 g/mol.